The Kier molecular flexibility index (Phi) is 6.10. The minimum absolute atomic E-state index is 0.0849. The van der Waals surface area contributed by atoms with E-state index in [1.807, 2.05) is 19.3 Å². The monoisotopic (exact) mass is 563 g/mol. The van der Waals surface area contributed by atoms with Crippen LogP contribution in [0.2, 0.25) is 0 Å². The molecule has 42 heavy (non-hydrogen) atoms. The van der Waals surface area contributed by atoms with E-state index in [1.54, 1.807) is 21.5 Å². The molecule has 1 aliphatic heterocycles. The van der Waals surface area contributed by atoms with Crippen LogP contribution in [0.5, 0.6) is 0 Å². The van der Waals surface area contributed by atoms with Crippen LogP contribution in [0.15, 0.2) is 53.7 Å². The van der Waals surface area contributed by atoms with Gasteiger partial charge in [0.05, 0.1) is 0 Å². The lowest BCUT2D eigenvalue weighted by Crippen LogP contribution is -2.29. The summed E-state index contributed by atoms with van der Waals surface area (Å²) in [5.41, 5.74) is 6.23. The third-order valence-electron chi connectivity index (χ3n) is 9.06. The Labute approximate surface area is 243 Å². The Balaban J connectivity index is 1.28. The van der Waals surface area contributed by atoms with Crippen LogP contribution in [-0.4, -0.2) is 47.3 Å². The van der Waals surface area contributed by atoms with Gasteiger partial charge in [0.1, 0.15) is 23.5 Å². The van der Waals surface area contributed by atoms with Crippen molar-refractivity contribution in [2.24, 2.45) is 7.05 Å². The molecule has 0 unspecified atom stereocenters. The standard InChI is InChI=1S/C33H34FN7O/c1-39-19-35-38-32(39)27-15-23(34)9-10-25(27)22-13-29(21-7-8-21)37-30(14-22)41-18-28(20-5-6-20)26-16-24(36-31(26)33(41)42)17-40-11-3-2-4-12-40/h9-10,13-16,18-21,36H,2-8,11-12,17H2,1H3. The summed E-state index contributed by atoms with van der Waals surface area (Å²) in [7, 11) is 1.85. The summed E-state index contributed by atoms with van der Waals surface area (Å²) < 4.78 is 18.0. The number of H-pyrrole nitrogens is 1. The predicted octanol–water partition coefficient (Wildman–Crippen LogP) is 6.06. The Morgan fingerprint density at radius 2 is 1.79 bits per heavy atom. The zero-order chi connectivity index (χ0) is 28.4. The number of pyridine rings is 2. The lowest BCUT2D eigenvalue weighted by atomic mass is 9.98. The number of nitrogens with zero attached hydrogens (tertiary/aromatic N) is 6. The highest BCUT2D eigenvalue weighted by Gasteiger charge is 2.30. The van der Waals surface area contributed by atoms with Crippen LogP contribution in [-0.2, 0) is 13.6 Å². The topological polar surface area (TPSA) is 84.6 Å². The van der Waals surface area contributed by atoms with E-state index >= 15 is 0 Å². The molecular weight excluding hydrogens is 529 g/mol. The molecule has 0 spiro atoms. The van der Waals surface area contributed by atoms with Crippen LogP contribution in [0.3, 0.4) is 0 Å². The van der Waals surface area contributed by atoms with Crippen molar-refractivity contribution in [1.82, 2.24) is 34.2 Å². The van der Waals surface area contributed by atoms with Gasteiger partial charge in [-0.3, -0.25) is 14.3 Å². The fourth-order valence-corrected chi connectivity index (χ4v) is 6.51. The molecule has 214 valence electrons. The molecule has 0 amide bonds. The molecule has 8 nitrogen and oxygen atoms in total. The first-order valence-corrected chi connectivity index (χ1v) is 15.2. The van der Waals surface area contributed by atoms with Crippen molar-refractivity contribution in [3.05, 3.63) is 82.0 Å². The van der Waals surface area contributed by atoms with E-state index in [0.717, 1.165) is 73.2 Å². The van der Waals surface area contributed by atoms with Gasteiger partial charge in [-0.25, -0.2) is 9.37 Å². The molecule has 0 bridgehead atoms. The number of rotatable bonds is 7. The molecule has 1 N–H and O–H groups in total. The van der Waals surface area contributed by atoms with Gasteiger partial charge in [-0.2, -0.15) is 0 Å². The number of hydrogen-bond acceptors (Lipinski definition) is 5. The summed E-state index contributed by atoms with van der Waals surface area (Å²) in [6.45, 7) is 3.05. The first kappa shape index (κ1) is 25.6. The third kappa shape index (κ3) is 4.65. The van der Waals surface area contributed by atoms with Crippen molar-refractivity contribution in [3.63, 3.8) is 0 Å². The summed E-state index contributed by atoms with van der Waals surface area (Å²) in [6, 6.07) is 11.0. The van der Waals surface area contributed by atoms with Gasteiger partial charge in [0.25, 0.3) is 5.56 Å². The van der Waals surface area contributed by atoms with Gasteiger partial charge >= 0.3 is 0 Å². The average Bonchev–Trinajstić information content (AvgIpc) is 3.93. The van der Waals surface area contributed by atoms with Crippen molar-refractivity contribution in [3.8, 4) is 28.3 Å². The van der Waals surface area contributed by atoms with Crippen LogP contribution < -0.4 is 5.56 Å². The number of likely N-dealkylation sites (tertiary alicyclic amines) is 1. The highest BCUT2D eigenvalue weighted by atomic mass is 19.1. The van der Waals surface area contributed by atoms with Gasteiger partial charge in [0, 0.05) is 48.0 Å². The Morgan fingerprint density at radius 3 is 2.52 bits per heavy atom. The molecule has 5 aromatic rings. The van der Waals surface area contributed by atoms with Crippen LogP contribution in [0, 0.1) is 5.82 Å². The van der Waals surface area contributed by atoms with Crippen LogP contribution in [0.4, 0.5) is 4.39 Å². The quantitative estimate of drug-likeness (QED) is 0.260. The van der Waals surface area contributed by atoms with E-state index in [4.69, 9.17) is 4.98 Å². The number of benzene rings is 1. The Morgan fingerprint density at radius 1 is 0.976 bits per heavy atom. The highest BCUT2D eigenvalue weighted by Crippen LogP contribution is 2.44. The summed E-state index contributed by atoms with van der Waals surface area (Å²) in [6.07, 6.45) is 11.8. The molecular formula is C33H34FN7O. The molecule has 9 heteroatoms. The normalized spacial score (nSPS) is 17.8. The third-order valence-corrected chi connectivity index (χ3v) is 9.06. The Hall–Kier alpha value is -4.11. The summed E-state index contributed by atoms with van der Waals surface area (Å²) in [5, 5.41) is 9.33. The fourth-order valence-electron chi connectivity index (χ4n) is 6.51. The predicted molar refractivity (Wildman–Crippen MR) is 160 cm³/mol. The van der Waals surface area contributed by atoms with Crippen LogP contribution in [0.25, 0.3) is 39.2 Å². The second-order valence-electron chi connectivity index (χ2n) is 12.3. The van der Waals surface area contributed by atoms with Crippen molar-refractivity contribution in [1.29, 1.82) is 0 Å². The molecule has 2 aliphatic carbocycles. The molecule has 3 aliphatic rings. The lowest BCUT2D eigenvalue weighted by Gasteiger charge is -2.25. The molecule has 4 aromatic heterocycles. The van der Waals surface area contributed by atoms with Crippen LogP contribution >= 0.6 is 0 Å². The molecule has 0 radical (unpaired) electrons. The molecule has 3 fully saturated rings. The van der Waals surface area contributed by atoms with E-state index in [-0.39, 0.29) is 11.4 Å². The number of halogens is 1. The first-order chi connectivity index (χ1) is 20.5. The molecule has 8 rings (SSSR count). The zero-order valence-electron chi connectivity index (χ0n) is 23.8. The summed E-state index contributed by atoms with van der Waals surface area (Å²) in [4.78, 5) is 25.2. The molecule has 2 saturated carbocycles. The number of piperidine rings is 1. The SMILES string of the molecule is Cn1cnnc1-c1cc(F)ccc1-c1cc(C2CC2)nc(-n2cc(C3CC3)c3cc(CN4CCCCC4)[nH]c3c2=O)c1. The largest absolute Gasteiger partial charge is 0.353 e. The first-order valence-electron chi connectivity index (χ1n) is 15.2. The zero-order valence-corrected chi connectivity index (χ0v) is 23.8. The summed E-state index contributed by atoms with van der Waals surface area (Å²) >= 11 is 0. The number of aromatic nitrogens is 6. The molecule has 1 aromatic carbocycles. The number of nitrogens with one attached hydrogen (secondary N) is 1. The maximum atomic E-state index is 14.5. The Bertz CT molecular complexity index is 1870. The van der Waals surface area contributed by atoms with E-state index in [1.165, 1.54) is 37.0 Å². The van der Waals surface area contributed by atoms with Gasteiger partial charge in [0.2, 0.25) is 0 Å². The van der Waals surface area contributed by atoms with Crippen LogP contribution in [0.1, 0.15) is 73.7 Å². The van der Waals surface area contributed by atoms with E-state index in [2.05, 4.69) is 32.2 Å². The second-order valence-corrected chi connectivity index (χ2v) is 12.3. The number of aromatic amines is 1. The maximum absolute atomic E-state index is 14.5. The van der Waals surface area contributed by atoms with Gasteiger partial charge in [-0.05, 0) is 105 Å². The summed E-state index contributed by atoms with van der Waals surface area (Å²) in [5.74, 6) is 1.67. The van der Waals surface area contributed by atoms with Crippen molar-refractivity contribution in [2.75, 3.05) is 13.1 Å². The molecule has 0 atom stereocenters. The average molecular weight is 564 g/mol. The van der Waals surface area contributed by atoms with Gasteiger partial charge < -0.3 is 9.55 Å². The van der Waals surface area contributed by atoms with Crippen molar-refractivity contribution in [2.45, 2.75) is 63.3 Å². The maximum Gasteiger partial charge on any atom is 0.280 e. The second kappa shape index (κ2) is 10.0. The fraction of sp³-hybridized carbons (Fsp3) is 0.394. The number of fused-ring (bicyclic) bond motifs is 1. The minimum Gasteiger partial charge on any atom is -0.353 e. The van der Waals surface area contributed by atoms with E-state index in [9.17, 15) is 9.18 Å². The number of hydrogen-bond donors (Lipinski definition) is 1. The van der Waals surface area contributed by atoms with Crippen molar-refractivity contribution < 1.29 is 4.39 Å². The van der Waals surface area contributed by atoms with E-state index in [0.29, 0.717) is 34.6 Å². The van der Waals surface area contributed by atoms with Gasteiger partial charge in [0.15, 0.2) is 5.82 Å². The molecule has 1 saturated heterocycles. The smallest absolute Gasteiger partial charge is 0.280 e. The lowest BCUT2D eigenvalue weighted by molar-refractivity contribution is 0.219. The van der Waals surface area contributed by atoms with Crippen molar-refractivity contribution >= 4 is 10.9 Å². The minimum atomic E-state index is -0.337. The van der Waals surface area contributed by atoms with Gasteiger partial charge in [-0.15, -0.1) is 10.2 Å². The molecule has 5 heterocycles. The van der Waals surface area contributed by atoms with E-state index < -0.39 is 0 Å². The number of aryl methyl sites for hydroxylation is 1. The highest BCUT2D eigenvalue weighted by molar-refractivity contribution is 5.85. The van der Waals surface area contributed by atoms with Gasteiger partial charge in [-0.1, -0.05) is 12.5 Å².